The molecule has 0 bridgehead atoms. The van der Waals surface area contributed by atoms with Gasteiger partial charge < -0.3 is 9.50 Å². The van der Waals surface area contributed by atoms with Gasteiger partial charge in [0, 0.05) is 14.8 Å². The van der Waals surface area contributed by atoms with Crippen LogP contribution in [0.5, 0.6) is 5.75 Å². The van der Waals surface area contributed by atoms with Crippen molar-refractivity contribution in [1.29, 1.82) is 0 Å². The fourth-order valence-electron chi connectivity index (χ4n) is 1.54. The average Bonchev–Trinajstić information content (AvgIpc) is 2.40. The van der Waals surface area contributed by atoms with E-state index >= 15 is 0 Å². The molecule has 5 nitrogen and oxygen atoms in total. The molecule has 110 valence electrons. The van der Waals surface area contributed by atoms with Crippen LogP contribution in [-0.4, -0.2) is 14.3 Å². The highest BCUT2D eigenvalue weighted by molar-refractivity contribution is 14.1. The summed E-state index contributed by atoms with van der Waals surface area (Å²) in [5, 5.41) is 2.63. The van der Waals surface area contributed by atoms with Gasteiger partial charge in [-0.1, -0.05) is 9.95 Å². The number of anilines is 1. The molecule has 1 N–H and O–H groups in total. The molecular weight excluding hydrogens is 412 g/mol. The van der Waals surface area contributed by atoms with Gasteiger partial charge in [0.15, 0.2) is 0 Å². The highest BCUT2D eigenvalue weighted by atomic mass is 127. The Morgan fingerprint density at radius 2 is 1.81 bits per heavy atom. The van der Waals surface area contributed by atoms with Gasteiger partial charge in [0.1, 0.15) is 5.75 Å². The molecule has 1 amide bonds. The molecule has 0 unspecified atom stereocenters. The summed E-state index contributed by atoms with van der Waals surface area (Å²) in [5.41, 5.74) is 0.736. The van der Waals surface area contributed by atoms with Crippen LogP contribution in [0.2, 0.25) is 0 Å². The van der Waals surface area contributed by atoms with Crippen molar-refractivity contribution >= 4 is 44.7 Å². The first-order chi connectivity index (χ1) is 9.83. The van der Waals surface area contributed by atoms with E-state index in [2.05, 4.69) is 32.1 Å². The Labute approximate surface area is 134 Å². The molecule has 8 heteroatoms. The van der Waals surface area contributed by atoms with Crippen LogP contribution in [0, 0.1) is 3.57 Å². The smallest absolute Gasteiger partial charge is 0.358 e. The number of carbonyl (C=O) groups is 1. The Hall–Kier alpha value is -1.68. The van der Waals surface area contributed by atoms with E-state index in [1.807, 2.05) is 12.1 Å². The number of rotatable bonds is 4. The van der Waals surface area contributed by atoms with Gasteiger partial charge in [-0.2, -0.15) is 8.42 Å². The lowest BCUT2D eigenvalue weighted by molar-refractivity contribution is 0.102. The zero-order valence-electron chi connectivity index (χ0n) is 10.4. The van der Waals surface area contributed by atoms with Crippen molar-refractivity contribution in [1.82, 2.24) is 0 Å². The van der Waals surface area contributed by atoms with Crippen LogP contribution in [-0.2, 0) is 10.5 Å². The summed E-state index contributed by atoms with van der Waals surface area (Å²) in [4.78, 5) is 12.0. The minimum absolute atomic E-state index is 0.148. The van der Waals surface area contributed by atoms with Crippen LogP contribution in [0.25, 0.3) is 0 Å². The first-order valence-electron chi connectivity index (χ1n) is 5.64. The molecule has 0 radical (unpaired) electrons. The van der Waals surface area contributed by atoms with Crippen molar-refractivity contribution in [2.24, 2.45) is 0 Å². The van der Waals surface area contributed by atoms with Crippen molar-refractivity contribution in [2.45, 2.75) is 0 Å². The van der Waals surface area contributed by atoms with Gasteiger partial charge >= 0.3 is 10.5 Å². The molecule has 0 aliphatic rings. The van der Waals surface area contributed by atoms with Gasteiger partial charge in [0.25, 0.3) is 5.91 Å². The molecule has 0 fully saturated rings. The van der Waals surface area contributed by atoms with E-state index in [0.717, 1.165) is 9.64 Å². The minimum atomic E-state index is -5.12. The molecule has 21 heavy (non-hydrogen) atoms. The van der Waals surface area contributed by atoms with Gasteiger partial charge in [-0.05, 0) is 65.1 Å². The molecule has 0 spiro atoms. The summed E-state index contributed by atoms with van der Waals surface area (Å²) in [6, 6.07) is 12.3. The maximum absolute atomic E-state index is 12.4. The number of amides is 1. The molecule has 0 aliphatic carbocycles. The Morgan fingerprint density at radius 1 is 1.14 bits per heavy atom. The highest BCUT2D eigenvalue weighted by Gasteiger charge is 2.12. The third-order valence-electron chi connectivity index (χ3n) is 2.39. The number of nitrogens with one attached hydrogen (secondary N) is 1. The first kappa shape index (κ1) is 15.7. The fourth-order valence-corrected chi connectivity index (χ4v) is 2.23. The molecule has 0 aliphatic heterocycles. The zero-order chi connectivity index (χ0) is 15.5. The predicted octanol–water partition coefficient (Wildman–Crippen LogP) is 3.14. The second-order valence-electron chi connectivity index (χ2n) is 3.97. The molecule has 0 saturated carbocycles. The molecule has 2 aromatic rings. The minimum Gasteiger partial charge on any atom is -0.358 e. The molecular formula is C13H9FINO4S. The summed E-state index contributed by atoms with van der Waals surface area (Å²) in [6.45, 7) is 0. The maximum Gasteiger partial charge on any atom is 0.488 e. The quantitative estimate of drug-likeness (QED) is 0.609. The molecule has 0 atom stereocenters. The van der Waals surface area contributed by atoms with E-state index in [-0.39, 0.29) is 11.3 Å². The second-order valence-corrected chi connectivity index (χ2v) is 6.16. The predicted molar refractivity (Wildman–Crippen MR) is 84.2 cm³/mol. The zero-order valence-corrected chi connectivity index (χ0v) is 13.4. The summed E-state index contributed by atoms with van der Waals surface area (Å²) in [6.07, 6.45) is 0. The number of benzene rings is 2. The van der Waals surface area contributed by atoms with Crippen LogP contribution in [0.1, 0.15) is 10.4 Å². The maximum atomic E-state index is 12.4. The summed E-state index contributed by atoms with van der Waals surface area (Å²) in [5.74, 6) is -0.731. The van der Waals surface area contributed by atoms with Gasteiger partial charge in [0.2, 0.25) is 0 Å². The van der Waals surface area contributed by atoms with Crippen molar-refractivity contribution in [3.63, 3.8) is 0 Å². The topological polar surface area (TPSA) is 72.5 Å². The number of carbonyl (C=O) groups excluding carboxylic acids is 1. The third-order valence-corrected chi connectivity index (χ3v) is 3.50. The number of hydrogen-bond acceptors (Lipinski definition) is 4. The van der Waals surface area contributed by atoms with Crippen molar-refractivity contribution in [3.05, 3.63) is 57.7 Å². The summed E-state index contributed by atoms with van der Waals surface area (Å²) in [7, 11) is -5.12. The van der Waals surface area contributed by atoms with Crippen molar-refractivity contribution < 1.29 is 21.3 Å². The number of halogens is 2. The average molecular weight is 421 g/mol. The Balaban J connectivity index is 2.16. The lowest BCUT2D eigenvalue weighted by Crippen LogP contribution is -2.12. The van der Waals surface area contributed by atoms with Crippen molar-refractivity contribution in [3.8, 4) is 5.75 Å². The summed E-state index contributed by atoms with van der Waals surface area (Å²) >= 11 is 2.14. The van der Waals surface area contributed by atoms with Crippen LogP contribution in [0.4, 0.5) is 9.57 Å². The van der Waals surface area contributed by atoms with Crippen LogP contribution >= 0.6 is 22.6 Å². The standard InChI is InChI=1S/C13H9FINO4S/c14-21(18,19)20-12-3-1-2-9(8-12)13(17)16-11-6-4-10(15)5-7-11/h1-8H,(H,16,17). The van der Waals surface area contributed by atoms with Crippen LogP contribution < -0.4 is 9.50 Å². The number of hydrogen-bond donors (Lipinski definition) is 1. The Kier molecular flexibility index (Phi) is 4.78. The first-order valence-corrected chi connectivity index (χ1v) is 8.03. The van der Waals surface area contributed by atoms with Gasteiger partial charge in [0.05, 0.1) is 0 Å². The van der Waals surface area contributed by atoms with Crippen LogP contribution in [0.3, 0.4) is 0 Å². The molecule has 0 heterocycles. The normalized spacial score (nSPS) is 11.0. The SMILES string of the molecule is O=C(Nc1ccc(I)cc1)c1cccc(OS(=O)(=O)F)c1. The van der Waals surface area contributed by atoms with E-state index in [4.69, 9.17) is 0 Å². The molecule has 2 rings (SSSR count). The highest BCUT2D eigenvalue weighted by Crippen LogP contribution is 2.18. The van der Waals surface area contributed by atoms with Gasteiger partial charge in [-0.15, -0.1) is 0 Å². The molecule has 0 saturated heterocycles. The lowest BCUT2D eigenvalue weighted by Gasteiger charge is -2.06. The van der Waals surface area contributed by atoms with Gasteiger partial charge in [-0.25, -0.2) is 0 Å². The largest absolute Gasteiger partial charge is 0.488 e. The van der Waals surface area contributed by atoms with E-state index in [9.17, 15) is 17.1 Å². The Bertz CT molecular complexity index is 762. The summed E-state index contributed by atoms with van der Waals surface area (Å²) < 4.78 is 38.4. The Morgan fingerprint density at radius 3 is 2.43 bits per heavy atom. The molecule has 0 aromatic heterocycles. The van der Waals surface area contributed by atoms with E-state index < -0.39 is 16.4 Å². The van der Waals surface area contributed by atoms with Gasteiger partial charge in [-0.3, -0.25) is 4.79 Å². The monoisotopic (exact) mass is 421 g/mol. The lowest BCUT2D eigenvalue weighted by atomic mass is 10.2. The third kappa shape index (κ3) is 4.97. The van der Waals surface area contributed by atoms with E-state index in [1.54, 1.807) is 12.1 Å². The van der Waals surface area contributed by atoms with E-state index in [1.165, 1.54) is 18.2 Å². The second kappa shape index (κ2) is 6.39. The fraction of sp³-hybridized carbons (Fsp3) is 0. The van der Waals surface area contributed by atoms with Crippen molar-refractivity contribution in [2.75, 3.05) is 5.32 Å². The van der Waals surface area contributed by atoms with E-state index in [0.29, 0.717) is 5.69 Å². The van der Waals surface area contributed by atoms with Crippen LogP contribution in [0.15, 0.2) is 48.5 Å². The molecule has 2 aromatic carbocycles.